The van der Waals surface area contributed by atoms with E-state index in [0.29, 0.717) is 6.04 Å². The highest BCUT2D eigenvalue weighted by molar-refractivity contribution is 4.69. The minimum absolute atomic E-state index is 0.708. The zero-order valence-electron chi connectivity index (χ0n) is 12.9. The van der Waals surface area contributed by atoms with E-state index in [-0.39, 0.29) is 0 Å². The second-order valence-electron chi connectivity index (χ2n) is 6.14. The van der Waals surface area contributed by atoms with Gasteiger partial charge in [0.25, 0.3) is 0 Å². The van der Waals surface area contributed by atoms with Crippen molar-refractivity contribution in [1.82, 2.24) is 10.2 Å². The van der Waals surface area contributed by atoms with Crippen LogP contribution in [0.2, 0.25) is 0 Å². The first-order valence-electron chi connectivity index (χ1n) is 7.36. The van der Waals surface area contributed by atoms with E-state index in [1.54, 1.807) is 0 Å². The number of hydrogen-bond acceptors (Lipinski definition) is 2. The second-order valence-corrected chi connectivity index (χ2v) is 6.14. The van der Waals surface area contributed by atoms with E-state index in [2.05, 4.69) is 44.8 Å². The van der Waals surface area contributed by atoms with Crippen molar-refractivity contribution in [3.8, 4) is 0 Å². The van der Waals surface area contributed by atoms with Gasteiger partial charge in [-0.25, -0.2) is 0 Å². The average Bonchev–Trinajstić information content (AvgIpc) is 2.25. The largest absolute Gasteiger partial charge is 0.320 e. The molecule has 0 aromatic carbocycles. The first-order chi connectivity index (χ1) is 7.97. The Morgan fingerprint density at radius 1 is 0.824 bits per heavy atom. The number of nitrogens with one attached hydrogen (secondary N) is 1. The summed E-state index contributed by atoms with van der Waals surface area (Å²) in [5, 5.41) is 3.26. The maximum Gasteiger partial charge on any atom is 0.00790 e. The third-order valence-corrected chi connectivity index (χ3v) is 3.42. The summed E-state index contributed by atoms with van der Waals surface area (Å²) in [6.45, 7) is 15.3. The molecule has 0 aliphatic rings. The normalized spacial score (nSPS) is 13.9. The third kappa shape index (κ3) is 9.61. The zero-order chi connectivity index (χ0) is 13.3. The molecule has 0 spiro atoms. The van der Waals surface area contributed by atoms with Gasteiger partial charge in [-0.05, 0) is 64.7 Å². The van der Waals surface area contributed by atoms with Crippen molar-refractivity contribution < 1.29 is 0 Å². The van der Waals surface area contributed by atoms with E-state index in [0.717, 1.165) is 18.4 Å². The van der Waals surface area contributed by atoms with Crippen LogP contribution in [0.15, 0.2) is 0 Å². The lowest BCUT2D eigenvalue weighted by Crippen LogP contribution is -2.37. The van der Waals surface area contributed by atoms with E-state index in [1.165, 1.54) is 32.4 Å². The molecular formula is C15H34N2. The van der Waals surface area contributed by atoms with E-state index < -0.39 is 0 Å². The molecule has 0 aliphatic heterocycles. The lowest BCUT2D eigenvalue weighted by atomic mass is 10.1. The van der Waals surface area contributed by atoms with Crippen LogP contribution in [0, 0.1) is 11.8 Å². The predicted molar refractivity (Wildman–Crippen MR) is 78.5 cm³/mol. The molecule has 1 unspecified atom stereocenters. The van der Waals surface area contributed by atoms with Gasteiger partial charge in [0.15, 0.2) is 0 Å². The summed E-state index contributed by atoms with van der Waals surface area (Å²) in [5.74, 6) is 1.63. The summed E-state index contributed by atoms with van der Waals surface area (Å²) in [5.41, 5.74) is 0. The molecule has 0 amide bonds. The van der Waals surface area contributed by atoms with Gasteiger partial charge in [-0.15, -0.1) is 0 Å². The summed E-state index contributed by atoms with van der Waals surface area (Å²) in [4.78, 5) is 2.68. The molecule has 0 fully saturated rings. The molecule has 0 saturated carbocycles. The molecule has 0 rings (SSSR count). The quantitative estimate of drug-likeness (QED) is 0.632. The Balaban J connectivity index is 4.07. The maximum atomic E-state index is 3.26. The molecule has 2 heteroatoms. The standard InChI is InChI=1S/C15H34N2/c1-13(2)8-11-17(12-9-14(3)4)15(5)7-10-16-6/h13-16H,7-12H2,1-6H3. The van der Waals surface area contributed by atoms with E-state index in [1.807, 2.05) is 7.05 Å². The van der Waals surface area contributed by atoms with Gasteiger partial charge >= 0.3 is 0 Å². The van der Waals surface area contributed by atoms with Gasteiger partial charge in [0.05, 0.1) is 0 Å². The highest BCUT2D eigenvalue weighted by atomic mass is 15.1. The van der Waals surface area contributed by atoms with Gasteiger partial charge in [-0.3, -0.25) is 0 Å². The van der Waals surface area contributed by atoms with Crippen LogP contribution in [0.4, 0.5) is 0 Å². The molecule has 2 nitrogen and oxygen atoms in total. The van der Waals surface area contributed by atoms with Gasteiger partial charge in [-0.1, -0.05) is 27.7 Å². The Hall–Kier alpha value is -0.0800. The van der Waals surface area contributed by atoms with Crippen LogP contribution in [0.5, 0.6) is 0 Å². The average molecular weight is 242 g/mol. The van der Waals surface area contributed by atoms with Crippen LogP contribution in [0.25, 0.3) is 0 Å². The van der Waals surface area contributed by atoms with Crippen LogP contribution in [-0.2, 0) is 0 Å². The summed E-state index contributed by atoms with van der Waals surface area (Å²) in [6.07, 6.45) is 3.90. The van der Waals surface area contributed by atoms with E-state index in [9.17, 15) is 0 Å². The Morgan fingerprint density at radius 2 is 1.29 bits per heavy atom. The number of hydrogen-bond donors (Lipinski definition) is 1. The number of rotatable bonds is 10. The predicted octanol–water partition coefficient (Wildman–Crippen LogP) is 3.38. The lowest BCUT2D eigenvalue weighted by Gasteiger charge is -2.30. The molecule has 0 bridgehead atoms. The fraction of sp³-hybridized carbons (Fsp3) is 1.00. The molecule has 104 valence electrons. The molecule has 0 aromatic heterocycles. The van der Waals surface area contributed by atoms with Crippen molar-refractivity contribution in [1.29, 1.82) is 0 Å². The van der Waals surface area contributed by atoms with Gasteiger partial charge in [0.2, 0.25) is 0 Å². The SMILES string of the molecule is CNCCC(C)N(CCC(C)C)CCC(C)C. The topological polar surface area (TPSA) is 15.3 Å². The van der Waals surface area contributed by atoms with Crippen molar-refractivity contribution in [3.05, 3.63) is 0 Å². The first-order valence-corrected chi connectivity index (χ1v) is 7.36. The van der Waals surface area contributed by atoms with Gasteiger partial charge < -0.3 is 10.2 Å². The van der Waals surface area contributed by atoms with Crippen molar-refractivity contribution >= 4 is 0 Å². The lowest BCUT2D eigenvalue weighted by molar-refractivity contribution is 0.179. The van der Waals surface area contributed by atoms with Crippen LogP contribution in [0.3, 0.4) is 0 Å². The minimum Gasteiger partial charge on any atom is -0.320 e. The fourth-order valence-corrected chi connectivity index (χ4v) is 1.94. The van der Waals surface area contributed by atoms with Gasteiger partial charge in [-0.2, -0.15) is 0 Å². The number of nitrogens with zero attached hydrogens (tertiary/aromatic N) is 1. The van der Waals surface area contributed by atoms with E-state index >= 15 is 0 Å². The smallest absolute Gasteiger partial charge is 0.00790 e. The molecule has 0 radical (unpaired) electrons. The molecule has 17 heavy (non-hydrogen) atoms. The summed E-state index contributed by atoms with van der Waals surface area (Å²) in [6, 6.07) is 0.708. The van der Waals surface area contributed by atoms with Gasteiger partial charge in [0, 0.05) is 6.04 Å². The summed E-state index contributed by atoms with van der Waals surface area (Å²) in [7, 11) is 2.04. The summed E-state index contributed by atoms with van der Waals surface area (Å²) >= 11 is 0. The Bertz CT molecular complexity index is 154. The minimum atomic E-state index is 0.708. The molecule has 0 aromatic rings. The summed E-state index contributed by atoms with van der Waals surface area (Å²) < 4.78 is 0. The highest BCUT2D eigenvalue weighted by Crippen LogP contribution is 2.11. The second kappa shape index (κ2) is 9.90. The van der Waals surface area contributed by atoms with Crippen molar-refractivity contribution in [2.75, 3.05) is 26.7 Å². The monoisotopic (exact) mass is 242 g/mol. The first kappa shape index (κ1) is 16.9. The van der Waals surface area contributed by atoms with Crippen LogP contribution in [-0.4, -0.2) is 37.6 Å². The molecule has 1 N–H and O–H groups in total. The van der Waals surface area contributed by atoms with Crippen LogP contribution < -0.4 is 5.32 Å². The maximum absolute atomic E-state index is 3.26. The molecule has 0 aliphatic carbocycles. The Kier molecular flexibility index (Phi) is 9.85. The zero-order valence-corrected chi connectivity index (χ0v) is 12.9. The Labute approximate surface area is 109 Å². The molecule has 0 saturated heterocycles. The molecule has 1 atom stereocenters. The molecule has 0 heterocycles. The molecular weight excluding hydrogens is 208 g/mol. The third-order valence-electron chi connectivity index (χ3n) is 3.42. The van der Waals surface area contributed by atoms with E-state index in [4.69, 9.17) is 0 Å². The Morgan fingerprint density at radius 3 is 1.65 bits per heavy atom. The van der Waals surface area contributed by atoms with Crippen molar-refractivity contribution in [3.63, 3.8) is 0 Å². The van der Waals surface area contributed by atoms with Crippen molar-refractivity contribution in [2.45, 2.75) is 59.9 Å². The van der Waals surface area contributed by atoms with Crippen LogP contribution in [0.1, 0.15) is 53.9 Å². The van der Waals surface area contributed by atoms with Crippen molar-refractivity contribution in [2.24, 2.45) is 11.8 Å². The van der Waals surface area contributed by atoms with Gasteiger partial charge in [0.1, 0.15) is 0 Å². The highest BCUT2D eigenvalue weighted by Gasteiger charge is 2.14. The van der Waals surface area contributed by atoms with Crippen LogP contribution >= 0.6 is 0 Å². The fourth-order valence-electron chi connectivity index (χ4n) is 1.94.